The summed E-state index contributed by atoms with van der Waals surface area (Å²) in [5, 5.41) is 11.0. The summed E-state index contributed by atoms with van der Waals surface area (Å²) < 4.78 is 0. The highest BCUT2D eigenvalue weighted by molar-refractivity contribution is 5.76. The lowest BCUT2D eigenvalue weighted by Crippen LogP contribution is -2.28. The van der Waals surface area contributed by atoms with Crippen molar-refractivity contribution in [1.29, 1.82) is 0 Å². The molecule has 6 nitrogen and oxygen atoms in total. The number of rotatable bonds is 6. The van der Waals surface area contributed by atoms with Gasteiger partial charge in [0.1, 0.15) is 5.69 Å². The summed E-state index contributed by atoms with van der Waals surface area (Å²) in [4.78, 5) is 27.0. The van der Waals surface area contributed by atoms with Crippen LogP contribution in [0.15, 0.2) is 65.5 Å². The van der Waals surface area contributed by atoms with E-state index in [9.17, 15) is 9.59 Å². The molecule has 1 aromatic heterocycles. The Labute approximate surface area is 151 Å². The van der Waals surface area contributed by atoms with Crippen LogP contribution in [0.2, 0.25) is 0 Å². The Hall–Kier alpha value is -3.28. The molecular formula is C20H20N4O2. The number of H-pyrrole nitrogens is 1. The predicted octanol–water partition coefficient (Wildman–Crippen LogP) is 2.64. The lowest BCUT2D eigenvalue weighted by molar-refractivity contribution is -0.121. The number of hydrogen-bond acceptors (Lipinski definition) is 4. The zero-order chi connectivity index (χ0) is 18.4. The van der Waals surface area contributed by atoms with E-state index >= 15 is 0 Å². The first-order chi connectivity index (χ1) is 12.6. The maximum Gasteiger partial charge on any atom is 0.273 e. The van der Waals surface area contributed by atoms with Crippen LogP contribution in [0.25, 0.3) is 11.4 Å². The molecule has 0 fully saturated rings. The molecule has 0 saturated carbocycles. The largest absolute Gasteiger partial charge is 0.350 e. The molecular weight excluding hydrogens is 328 g/mol. The third-order valence-electron chi connectivity index (χ3n) is 4.08. The van der Waals surface area contributed by atoms with Crippen LogP contribution in [-0.4, -0.2) is 21.1 Å². The number of aryl methyl sites for hydroxylation is 1. The number of carbonyl (C=O) groups excluding carboxylic acids is 1. The van der Waals surface area contributed by atoms with E-state index in [0.717, 1.165) is 11.1 Å². The number of aromatic nitrogens is 3. The maximum atomic E-state index is 12.2. The van der Waals surface area contributed by atoms with Crippen LogP contribution in [0.3, 0.4) is 0 Å². The molecule has 132 valence electrons. The number of amides is 1. The van der Waals surface area contributed by atoms with Crippen molar-refractivity contribution >= 4 is 5.91 Å². The Balaban J connectivity index is 1.59. The van der Waals surface area contributed by atoms with Crippen LogP contribution in [0.4, 0.5) is 0 Å². The monoisotopic (exact) mass is 348 g/mol. The molecule has 26 heavy (non-hydrogen) atoms. The average Bonchev–Trinajstić information content (AvgIpc) is 2.68. The number of nitrogens with zero attached hydrogens (tertiary/aromatic N) is 2. The van der Waals surface area contributed by atoms with Gasteiger partial charge in [0.2, 0.25) is 5.91 Å². The molecule has 3 aromatic rings. The van der Waals surface area contributed by atoms with Gasteiger partial charge in [-0.05, 0) is 12.5 Å². The lowest BCUT2D eigenvalue weighted by Gasteiger charge is -2.14. The SMILES string of the molecule is CC(NC(=O)CCc1nnc(-c2ccccc2)[nH]c1=O)c1ccccc1. The van der Waals surface area contributed by atoms with Crippen molar-refractivity contribution in [3.63, 3.8) is 0 Å². The van der Waals surface area contributed by atoms with E-state index in [2.05, 4.69) is 20.5 Å². The highest BCUT2D eigenvalue weighted by Crippen LogP contribution is 2.12. The van der Waals surface area contributed by atoms with Gasteiger partial charge in [-0.3, -0.25) is 9.59 Å². The van der Waals surface area contributed by atoms with Crippen LogP contribution in [-0.2, 0) is 11.2 Å². The van der Waals surface area contributed by atoms with E-state index in [1.807, 2.05) is 67.6 Å². The predicted molar refractivity (Wildman–Crippen MR) is 99.4 cm³/mol. The zero-order valence-electron chi connectivity index (χ0n) is 14.5. The normalized spacial score (nSPS) is 11.7. The van der Waals surface area contributed by atoms with Crippen molar-refractivity contribution in [2.45, 2.75) is 25.8 Å². The number of benzene rings is 2. The summed E-state index contributed by atoms with van der Waals surface area (Å²) in [5.74, 6) is 0.288. The Morgan fingerprint density at radius 2 is 1.69 bits per heavy atom. The first-order valence-electron chi connectivity index (χ1n) is 8.49. The molecule has 0 aliphatic rings. The molecule has 0 radical (unpaired) electrons. The van der Waals surface area contributed by atoms with Gasteiger partial charge in [-0.25, -0.2) is 0 Å². The third kappa shape index (κ3) is 4.42. The molecule has 2 aromatic carbocycles. The molecule has 1 unspecified atom stereocenters. The quantitative estimate of drug-likeness (QED) is 0.717. The fourth-order valence-corrected chi connectivity index (χ4v) is 2.62. The number of carbonyl (C=O) groups is 1. The molecule has 1 amide bonds. The van der Waals surface area contributed by atoms with E-state index in [0.29, 0.717) is 5.82 Å². The second kappa shape index (κ2) is 8.20. The highest BCUT2D eigenvalue weighted by atomic mass is 16.1. The van der Waals surface area contributed by atoms with Gasteiger partial charge in [0.05, 0.1) is 6.04 Å². The fraction of sp³-hybridized carbons (Fsp3) is 0.200. The van der Waals surface area contributed by atoms with E-state index in [1.54, 1.807) is 0 Å². The summed E-state index contributed by atoms with van der Waals surface area (Å²) in [6, 6.07) is 18.9. The van der Waals surface area contributed by atoms with E-state index in [-0.39, 0.29) is 36.0 Å². The molecule has 0 bridgehead atoms. The second-order valence-electron chi connectivity index (χ2n) is 6.02. The summed E-state index contributed by atoms with van der Waals surface area (Å²) >= 11 is 0. The standard InChI is InChI=1S/C20H20N4O2/c1-14(15-8-4-2-5-9-15)21-18(25)13-12-17-20(26)22-19(24-23-17)16-10-6-3-7-11-16/h2-11,14H,12-13H2,1H3,(H,21,25)(H,22,24,26). The summed E-state index contributed by atoms with van der Waals surface area (Å²) in [6.45, 7) is 1.93. The molecule has 0 aliphatic carbocycles. The molecule has 0 aliphatic heterocycles. The van der Waals surface area contributed by atoms with Gasteiger partial charge in [-0.1, -0.05) is 60.7 Å². The Morgan fingerprint density at radius 3 is 2.35 bits per heavy atom. The van der Waals surface area contributed by atoms with Gasteiger partial charge >= 0.3 is 0 Å². The lowest BCUT2D eigenvalue weighted by atomic mass is 10.1. The summed E-state index contributed by atoms with van der Waals surface area (Å²) in [6.07, 6.45) is 0.421. The zero-order valence-corrected chi connectivity index (χ0v) is 14.5. The molecule has 3 rings (SSSR count). The van der Waals surface area contributed by atoms with Crippen LogP contribution in [0.5, 0.6) is 0 Å². The van der Waals surface area contributed by atoms with Gasteiger partial charge in [0, 0.05) is 18.4 Å². The van der Waals surface area contributed by atoms with Crippen molar-refractivity contribution in [1.82, 2.24) is 20.5 Å². The van der Waals surface area contributed by atoms with Crippen LogP contribution < -0.4 is 10.9 Å². The minimum absolute atomic E-state index is 0.0893. The van der Waals surface area contributed by atoms with Gasteiger partial charge in [0.15, 0.2) is 5.82 Å². The molecule has 1 atom stereocenters. The third-order valence-corrected chi connectivity index (χ3v) is 4.08. The van der Waals surface area contributed by atoms with Gasteiger partial charge in [0.25, 0.3) is 5.56 Å². The van der Waals surface area contributed by atoms with Crippen LogP contribution >= 0.6 is 0 Å². The fourth-order valence-electron chi connectivity index (χ4n) is 2.62. The van der Waals surface area contributed by atoms with Crippen molar-refractivity contribution in [2.75, 3.05) is 0 Å². The minimum atomic E-state index is -0.317. The molecule has 0 saturated heterocycles. The first kappa shape index (κ1) is 17.5. The van der Waals surface area contributed by atoms with Crippen molar-refractivity contribution in [3.8, 4) is 11.4 Å². The van der Waals surface area contributed by atoms with Crippen molar-refractivity contribution < 1.29 is 4.79 Å². The minimum Gasteiger partial charge on any atom is -0.350 e. The second-order valence-corrected chi connectivity index (χ2v) is 6.02. The number of hydrogen-bond donors (Lipinski definition) is 2. The Kier molecular flexibility index (Phi) is 5.53. The number of nitrogens with one attached hydrogen (secondary N) is 2. The number of aromatic amines is 1. The van der Waals surface area contributed by atoms with E-state index < -0.39 is 0 Å². The van der Waals surface area contributed by atoms with Crippen LogP contribution in [0.1, 0.15) is 30.6 Å². The van der Waals surface area contributed by atoms with Gasteiger partial charge in [-0.2, -0.15) is 0 Å². The maximum absolute atomic E-state index is 12.2. The Morgan fingerprint density at radius 1 is 1.04 bits per heavy atom. The first-order valence-corrected chi connectivity index (χ1v) is 8.49. The Bertz CT molecular complexity index is 923. The molecule has 6 heteroatoms. The van der Waals surface area contributed by atoms with Crippen LogP contribution in [0, 0.1) is 0 Å². The van der Waals surface area contributed by atoms with Gasteiger partial charge in [-0.15, -0.1) is 10.2 Å². The summed E-state index contributed by atoms with van der Waals surface area (Å²) in [5.41, 5.74) is 1.76. The highest BCUT2D eigenvalue weighted by Gasteiger charge is 2.12. The molecule has 1 heterocycles. The molecule has 0 spiro atoms. The van der Waals surface area contributed by atoms with Crippen molar-refractivity contribution in [3.05, 3.63) is 82.3 Å². The van der Waals surface area contributed by atoms with E-state index in [1.165, 1.54) is 0 Å². The van der Waals surface area contributed by atoms with Gasteiger partial charge < -0.3 is 10.3 Å². The molecule has 2 N–H and O–H groups in total. The summed E-state index contributed by atoms with van der Waals surface area (Å²) in [7, 11) is 0. The average molecular weight is 348 g/mol. The van der Waals surface area contributed by atoms with E-state index in [4.69, 9.17) is 0 Å². The van der Waals surface area contributed by atoms with Crippen molar-refractivity contribution in [2.24, 2.45) is 0 Å². The smallest absolute Gasteiger partial charge is 0.273 e. The topological polar surface area (TPSA) is 87.7 Å².